The summed E-state index contributed by atoms with van der Waals surface area (Å²) in [6, 6.07) is 16.0. The molecule has 19 atom stereocenters. The van der Waals surface area contributed by atoms with Gasteiger partial charge in [0.05, 0.1) is 132 Å². The number of nitrogens with one attached hydrogen (secondary N) is 2. The van der Waals surface area contributed by atoms with Gasteiger partial charge >= 0.3 is 0 Å². The van der Waals surface area contributed by atoms with E-state index in [1.165, 1.54) is 10.4 Å². The molecule has 1 unspecified atom stereocenters. The Morgan fingerprint density at radius 3 is 1.61 bits per heavy atom. The van der Waals surface area contributed by atoms with Crippen molar-refractivity contribution >= 4 is 27.8 Å². The van der Waals surface area contributed by atoms with Crippen LogP contribution in [0.15, 0.2) is 66.9 Å². The maximum atomic E-state index is 11.9. The van der Waals surface area contributed by atoms with Gasteiger partial charge in [0.15, 0.2) is 18.9 Å². The molecular formula is C63H95N15O19. The quantitative estimate of drug-likeness (QED) is 0.0171. The fraction of sp³-hybridized carbons (Fsp3) is 0.651. The molecule has 20 N–H and O–H groups in total. The van der Waals surface area contributed by atoms with Crippen molar-refractivity contribution in [2.45, 2.75) is 136 Å². The zero-order chi connectivity index (χ0) is 68.1. The lowest BCUT2D eigenvalue weighted by molar-refractivity contribution is -0.306. The first-order valence-corrected chi connectivity index (χ1v) is 33.0. The van der Waals surface area contributed by atoms with Gasteiger partial charge < -0.3 is 146 Å². The van der Waals surface area contributed by atoms with E-state index in [2.05, 4.69) is 61.4 Å². The minimum absolute atomic E-state index is 0.0595. The fourth-order valence-corrected chi connectivity index (χ4v) is 12.3. The van der Waals surface area contributed by atoms with E-state index < -0.39 is 116 Å². The Morgan fingerprint density at radius 1 is 0.515 bits per heavy atom. The number of aliphatic hydroxyl groups is 6. The van der Waals surface area contributed by atoms with E-state index in [0.29, 0.717) is 71.8 Å². The molecule has 3 aromatic heterocycles. The fourth-order valence-electron chi connectivity index (χ4n) is 12.3. The van der Waals surface area contributed by atoms with Crippen LogP contribution in [-0.2, 0) is 70.0 Å². The number of imidazole rings is 2. The van der Waals surface area contributed by atoms with Crippen LogP contribution in [0, 0.1) is 0 Å². The summed E-state index contributed by atoms with van der Waals surface area (Å²) in [5.41, 5.74) is 44.2. The molecule has 1 aliphatic carbocycles. The van der Waals surface area contributed by atoms with Crippen LogP contribution in [0.4, 0.5) is 5.69 Å². The third kappa shape index (κ3) is 18.3. The summed E-state index contributed by atoms with van der Waals surface area (Å²) in [5, 5.41) is 74.1. The Kier molecular flexibility index (Phi) is 25.9. The van der Waals surface area contributed by atoms with Crippen LogP contribution in [0.3, 0.4) is 0 Å². The monoisotopic (exact) mass is 1370 g/mol. The van der Waals surface area contributed by atoms with E-state index in [0.717, 1.165) is 76.8 Å². The summed E-state index contributed by atoms with van der Waals surface area (Å²) >= 11 is 0. The summed E-state index contributed by atoms with van der Waals surface area (Å²) in [7, 11) is 2.16. The van der Waals surface area contributed by atoms with Crippen molar-refractivity contribution < 1.29 is 92.2 Å². The van der Waals surface area contributed by atoms with Crippen LogP contribution in [0.5, 0.6) is 5.75 Å². The van der Waals surface area contributed by atoms with E-state index in [-0.39, 0.29) is 45.9 Å². The van der Waals surface area contributed by atoms with Crippen molar-refractivity contribution in [1.82, 2.24) is 39.8 Å². The van der Waals surface area contributed by atoms with Crippen molar-refractivity contribution in [3.05, 3.63) is 72.6 Å². The average molecular weight is 1370 g/mol. The Balaban J connectivity index is 0.531. The van der Waals surface area contributed by atoms with Gasteiger partial charge in [-0.2, -0.15) is 0 Å². The van der Waals surface area contributed by atoms with Crippen LogP contribution in [0.2, 0.25) is 0 Å². The zero-order valence-electron chi connectivity index (χ0n) is 54.3. The second kappa shape index (κ2) is 34.6. The molecule has 4 aliphatic heterocycles. The summed E-state index contributed by atoms with van der Waals surface area (Å²) in [6.07, 6.45) is -18.7. The first-order valence-electron chi connectivity index (χ1n) is 33.0. The van der Waals surface area contributed by atoms with Gasteiger partial charge in [-0.05, 0) is 74.1 Å². The molecule has 0 spiro atoms. The number of fused-ring (bicyclic) bond motifs is 2. The maximum Gasteiger partial charge on any atom is 0.187 e. The minimum atomic E-state index is -1.65. The van der Waals surface area contributed by atoms with Gasteiger partial charge in [-0.15, -0.1) is 5.10 Å². The van der Waals surface area contributed by atoms with E-state index in [1.807, 2.05) is 36.4 Å². The Hall–Kier alpha value is -5.66. The number of piperazine rings is 1. The SMILES string of the molecule is CN1CCN(c2ccc3nc(-c4ccc5nc(-c6ccc(OCCOCCOCCOCCOCCOCCOCc7cn(C[C@H]8O[C@@H](O[C@@H]9[C@@H](O)[C@H](N)C[C@H](N)[C@H]9O[C@H]9O[C@H](CN)[C@@H](O)[C@H](O)[C@H]9N)[C@H](O)[C@@H]8O[C@H]8OC(CN)[C@@H](O)[C@H](O)[C@H]8N)nn7)cc6)[nH]c5c4)[nH]c3c2)CC1. The Bertz CT molecular complexity index is 3350. The van der Waals surface area contributed by atoms with Crippen LogP contribution in [0.25, 0.3) is 44.8 Å². The number of rotatable bonds is 34. The molecule has 536 valence electrons. The van der Waals surface area contributed by atoms with Crippen molar-refractivity contribution in [2.75, 3.05) is 130 Å². The molecule has 0 amide bonds. The van der Waals surface area contributed by atoms with Gasteiger partial charge in [0.1, 0.15) is 96.8 Å². The highest BCUT2D eigenvalue weighted by molar-refractivity contribution is 5.87. The predicted octanol–water partition coefficient (Wildman–Crippen LogP) is -4.08. The van der Waals surface area contributed by atoms with Gasteiger partial charge in [0, 0.05) is 68.2 Å². The van der Waals surface area contributed by atoms with E-state index >= 15 is 0 Å². The van der Waals surface area contributed by atoms with Crippen LogP contribution in [-0.4, -0.2) is 312 Å². The Labute approximate surface area is 559 Å². The lowest BCUT2D eigenvalue weighted by Crippen LogP contribution is -2.68. The number of aromatic nitrogens is 7. The summed E-state index contributed by atoms with van der Waals surface area (Å²) in [4.78, 5) is 21.5. The molecule has 34 heteroatoms. The number of H-pyrrole nitrogens is 2. The predicted molar refractivity (Wildman–Crippen MR) is 347 cm³/mol. The first-order chi connectivity index (χ1) is 47.0. The van der Waals surface area contributed by atoms with Crippen molar-refractivity contribution in [3.63, 3.8) is 0 Å². The number of ether oxygens (including phenoxy) is 13. The molecule has 0 bridgehead atoms. The number of aromatic amines is 2. The smallest absolute Gasteiger partial charge is 0.187 e. The van der Waals surface area contributed by atoms with Crippen LogP contribution in [0.1, 0.15) is 12.1 Å². The highest BCUT2D eigenvalue weighted by atomic mass is 16.8. The van der Waals surface area contributed by atoms with Gasteiger partial charge in [0.25, 0.3) is 0 Å². The topological polar surface area (TPSA) is 492 Å². The molecule has 4 saturated heterocycles. The standard InChI is InChI=1S/C63H95N15O19/c1-76-10-12-77(13-11-76)37-5-9-42-44(27-37)73-60(71-42)35-4-8-41-43(26-35)72-59(70-41)34-2-6-38(7-3-34)91-25-24-89-21-20-87-17-16-85-14-15-86-18-19-88-22-23-90-33-36-31-78(75-74-36)32-47-57(96-62-49(69)54(83)52(81)46(30-65)93-62)55(84)63(94-47)97-58-50(79)39(66)28-40(67)56(58)95-61-48(68)53(82)51(80)45(29-64)92-61/h2-9,26-27,31,39-40,45-58,61-63,79-84H,10-25,28-30,32-33,64-69H2,1H3,(H,70,72)(H,71,73)/t39-,40+,45-,46?,47-,48-,49-,50+,51-,52-,53-,54-,55-,56-,57-,58-,61-,62-,63+/m1/s1. The second-order valence-corrected chi connectivity index (χ2v) is 24.9. The summed E-state index contributed by atoms with van der Waals surface area (Å²) in [6.45, 7) is 8.14. The van der Waals surface area contributed by atoms with Crippen molar-refractivity contribution in [3.8, 4) is 28.5 Å². The second-order valence-electron chi connectivity index (χ2n) is 24.9. The zero-order valence-corrected chi connectivity index (χ0v) is 54.3. The molecule has 5 fully saturated rings. The van der Waals surface area contributed by atoms with Gasteiger partial charge in [-0.3, -0.25) is 0 Å². The van der Waals surface area contributed by atoms with Gasteiger partial charge in [-0.25, -0.2) is 14.6 Å². The van der Waals surface area contributed by atoms with E-state index in [9.17, 15) is 30.6 Å². The lowest BCUT2D eigenvalue weighted by atomic mass is 9.84. The molecule has 5 aliphatic rings. The molecule has 34 nitrogen and oxygen atoms in total. The highest BCUT2D eigenvalue weighted by Crippen LogP contribution is 2.36. The third-order valence-electron chi connectivity index (χ3n) is 18.0. The number of anilines is 1. The number of nitrogens with zero attached hydrogens (tertiary/aromatic N) is 7. The van der Waals surface area contributed by atoms with Crippen molar-refractivity contribution in [1.29, 1.82) is 0 Å². The number of hydrogen-bond donors (Lipinski definition) is 14. The van der Waals surface area contributed by atoms with E-state index in [1.54, 1.807) is 6.20 Å². The van der Waals surface area contributed by atoms with Crippen LogP contribution >= 0.6 is 0 Å². The minimum Gasteiger partial charge on any atom is -0.491 e. The molecule has 1 saturated carbocycles. The normalized spacial score (nSPS) is 31.3. The average Bonchev–Trinajstić information content (AvgIpc) is 1.77. The van der Waals surface area contributed by atoms with E-state index in [4.69, 9.17) is 106 Å². The number of likely N-dealkylation sites (N-methyl/N-ethyl adjacent to an activating group) is 1. The highest BCUT2D eigenvalue weighted by Gasteiger charge is 2.55. The first kappa shape index (κ1) is 72.6. The molecule has 0 radical (unpaired) electrons. The number of nitrogens with two attached hydrogens (primary N) is 6. The maximum absolute atomic E-state index is 11.9. The molecule has 3 aromatic carbocycles. The summed E-state index contributed by atoms with van der Waals surface area (Å²) in [5.74, 6) is 2.31. The molecule has 97 heavy (non-hydrogen) atoms. The molecular weight excluding hydrogens is 1270 g/mol. The van der Waals surface area contributed by atoms with Crippen LogP contribution < -0.4 is 44.0 Å². The molecule has 7 heterocycles. The van der Waals surface area contributed by atoms with Gasteiger partial charge in [-0.1, -0.05) is 5.21 Å². The third-order valence-corrected chi connectivity index (χ3v) is 18.0. The number of benzene rings is 3. The largest absolute Gasteiger partial charge is 0.491 e. The molecule has 11 rings (SSSR count). The number of aliphatic hydroxyl groups excluding tert-OH is 6. The summed E-state index contributed by atoms with van der Waals surface area (Å²) < 4.78 is 77.9. The molecule has 6 aromatic rings. The Morgan fingerprint density at radius 2 is 1.02 bits per heavy atom. The lowest BCUT2D eigenvalue weighted by Gasteiger charge is -2.47. The van der Waals surface area contributed by atoms with Crippen molar-refractivity contribution in [2.24, 2.45) is 34.4 Å². The van der Waals surface area contributed by atoms with Gasteiger partial charge in [0.2, 0.25) is 0 Å². The number of hydrogen-bond acceptors (Lipinski definition) is 31.